The molecule has 39 heavy (non-hydrogen) atoms. The first kappa shape index (κ1) is 24.6. The highest BCUT2D eigenvalue weighted by molar-refractivity contribution is 5.96. The lowest BCUT2D eigenvalue weighted by molar-refractivity contribution is -0.117. The predicted molar refractivity (Wildman–Crippen MR) is 141 cm³/mol. The van der Waals surface area contributed by atoms with E-state index in [1.54, 1.807) is 24.1 Å². The zero-order valence-corrected chi connectivity index (χ0v) is 21.0. The van der Waals surface area contributed by atoms with Gasteiger partial charge in [0.05, 0.1) is 12.3 Å². The number of H-pyrrole nitrogens is 1. The monoisotopic (exact) mass is 531 g/mol. The average molecular weight is 532 g/mol. The van der Waals surface area contributed by atoms with E-state index in [1.165, 1.54) is 30.7 Å². The summed E-state index contributed by atoms with van der Waals surface area (Å²) in [4.78, 5) is 36.9. The topological polar surface area (TPSA) is 159 Å². The van der Waals surface area contributed by atoms with Gasteiger partial charge in [-0.05, 0) is 37.1 Å². The molecule has 4 N–H and O–H groups in total. The fourth-order valence-electron chi connectivity index (χ4n) is 4.40. The molecule has 1 saturated heterocycles. The molecule has 0 unspecified atom stereocenters. The van der Waals surface area contributed by atoms with E-state index in [1.807, 2.05) is 6.07 Å². The van der Waals surface area contributed by atoms with E-state index in [9.17, 15) is 9.18 Å². The lowest BCUT2D eigenvalue weighted by Gasteiger charge is -2.24. The summed E-state index contributed by atoms with van der Waals surface area (Å²) in [7, 11) is 1.60. The summed E-state index contributed by atoms with van der Waals surface area (Å²) in [6.07, 6.45) is 6.97. The van der Waals surface area contributed by atoms with Crippen LogP contribution in [0.1, 0.15) is 30.9 Å². The van der Waals surface area contributed by atoms with E-state index in [2.05, 4.69) is 51.1 Å². The zero-order valence-electron chi connectivity index (χ0n) is 21.0. The van der Waals surface area contributed by atoms with Crippen molar-refractivity contribution in [1.29, 1.82) is 0 Å². The van der Waals surface area contributed by atoms with E-state index in [0.29, 0.717) is 36.2 Å². The minimum Gasteiger partial charge on any atom is -0.380 e. The van der Waals surface area contributed by atoms with Crippen LogP contribution >= 0.6 is 0 Å². The van der Waals surface area contributed by atoms with E-state index in [4.69, 9.17) is 4.74 Å². The van der Waals surface area contributed by atoms with Crippen LogP contribution in [0.3, 0.4) is 0 Å². The number of benzene rings is 1. The third-order valence-electron chi connectivity index (χ3n) is 6.55. The molecule has 4 aromatic rings. The molecule has 1 aliphatic heterocycles. The summed E-state index contributed by atoms with van der Waals surface area (Å²) in [6.45, 7) is 0.378. The van der Waals surface area contributed by atoms with Gasteiger partial charge in [-0.2, -0.15) is 20.1 Å². The minimum atomic E-state index is -0.641. The first-order valence-corrected chi connectivity index (χ1v) is 12.5. The largest absolute Gasteiger partial charge is 0.380 e. The fraction of sp³-hybridized carbons (Fsp3) is 0.320. The van der Waals surface area contributed by atoms with Gasteiger partial charge in [0.25, 0.3) is 0 Å². The Balaban J connectivity index is 1.31. The smallest absolute Gasteiger partial charge is 0.248 e. The number of amides is 1. The van der Waals surface area contributed by atoms with Crippen LogP contribution < -0.4 is 20.9 Å². The van der Waals surface area contributed by atoms with Crippen LogP contribution in [0.15, 0.2) is 48.9 Å². The van der Waals surface area contributed by atoms with Gasteiger partial charge in [-0.25, -0.2) is 9.37 Å². The molecule has 0 spiro atoms. The third-order valence-corrected chi connectivity index (χ3v) is 6.55. The van der Waals surface area contributed by atoms with Crippen molar-refractivity contribution in [2.24, 2.45) is 0 Å². The van der Waals surface area contributed by atoms with Gasteiger partial charge in [-0.15, -0.1) is 0 Å². The molecule has 200 valence electrons. The van der Waals surface area contributed by atoms with Crippen molar-refractivity contribution >= 4 is 41.1 Å². The lowest BCUT2D eigenvalue weighted by atomic mass is 10.2. The Labute approximate surface area is 222 Å². The van der Waals surface area contributed by atoms with Gasteiger partial charge >= 0.3 is 0 Å². The first-order valence-electron chi connectivity index (χ1n) is 12.5. The molecule has 3 aromatic heterocycles. The number of carbonyl (C=O) groups is 1. The Morgan fingerprint density at radius 1 is 1.08 bits per heavy atom. The second kappa shape index (κ2) is 10.6. The number of aromatic amines is 1. The summed E-state index contributed by atoms with van der Waals surface area (Å²) in [6, 6.07) is 7.12. The van der Waals surface area contributed by atoms with Gasteiger partial charge in [0, 0.05) is 55.8 Å². The van der Waals surface area contributed by atoms with Crippen molar-refractivity contribution < 1.29 is 13.9 Å². The second-order valence-corrected chi connectivity index (χ2v) is 9.36. The Bertz CT molecular complexity index is 1450. The summed E-state index contributed by atoms with van der Waals surface area (Å²) < 4.78 is 19.0. The number of aromatic nitrogens is 7. The van der Waals surface area contributed by atoms with Crippen LogP contribution in [0.2, 0.25) is 0 Å². The van der Waals surface area contributed by atoms with Crippen molar-refractivity contribution in [1.82, 2.24) is 35.1 Å². The van der Waals surface area contributed by atoms with Crippen LogP contribution in [0.5, 0.6) is 0 Å². The standard InChI is InChI=1S/C25H26FN11O2/c1-39-17-10-19(22(38)30-21-12-27-8-9-28-21)37(13-17)25-33-23(29-16-6-4-15(26)5-7-16)32-24(34-25)31-20-11-18(35-36-20)14-2-3-14/h4-9,11-12,14,17,19H,2-3,10,13H2,1H3,(H,28,30,38)(H3,29,31,32,33,34,35,36)/t17-,19-/m0/s1. The second-order valence-electron chi connectivity index (χ2n) is 9.36. The molecule has 1 aliphatic carbocycles. The molecule has 6 rings (SSSR count). The van der Waals surface area contributed by atoms with Gasteiger partial charge in [0.15, 0.2) is 11.6 Å². The number of hydrogen-bond donors (Lipinski definition) is 4. The number of hydrogen-bond acceptors (Lipinski definition) is 11. The van der Waals surface area contributed by atoms with Crippen molar-refractivity contribution in [3.05, 3.63) is 60.4 Å². The van der Waals surface area contributed by atoms with Crippen LogP contribution in [0.25, 0.3) is 0 Å². The Morgan fingerprint density at radius 3 is 2.59 bits per heavy atom. The summed E-state index contributed by atoms with van der Waals surface area (Å²) >= 11 is 0. The number of rotatable bonds is 9. The van der Waals surface area contributed by atoms with Crippen LogP contribution in [0.4, 0.5) is 39.6 Å². The predicted octanol–water partition coefficient (Wildman–Crippen LogP) is 3.12. The van der Waals surface area contributed by atoms with Crippen molar-refractivity contribution in [3.63, 3.8) is 0 Å². The van der Waals surface area contributed by atoms with Gasteiger partial charge in [0.1, 0.15) is 11.9 Å². The van der Waals surface area contributed by atoms with E-state index >= 15 is 0 Å². The summed E-state index contributed by atoms with van der Waals surface area (Å²) in [5.41, 5.74) is 1.64. The molecule has 0 radical (unpaired) electrons. The Hall–Kier alpha value is -4.72. The van der Waals surface area contributed by atoms with Crippen LogP contribution in [0, 0.1) is 5.82 Å². The molecule has 1 saturated carbocycles. The molecule has 2 aliphatic rings. The summed E-state index contributed by atoms with van der Waals surface area (Å²) in [5.74, 6) is 1.45. The number of halogens is 1. The van der Waals surface area contributed by atoms with Crippen molar-refractivity contribution in [3.8, 4) is 0 Å². The highest BCUT2D eigenvalue weighted by Crippen LogP contribution is 2.39. The SMILES string of the molecule is CO[C@H]1C[C@@H](C(=O)Nc2cnccn2)N(c2nc(Nc3ccc(F)cc3)nc(Nc3cc(C4CC4)[nH]n3)n2)C1. The number of methoxy groups -OCH3 is 1. The number of carbonyl (C=O) groups excluding carboxylic acids is 1. The van der Waals surface area contributed by atoms with E-state index < -0.39 is 6.04 Å². The lowest BCUT2D eigenvalue weighted by Crippen LogP contribution is -2.41. The third kappa shape index (κ3) is 5.75. The van der Waals surface area contributed by atoms with E-state index in [0.717, 1.165) is 18.5 Å². The van der Waals surface area contributed by atoms with E-state index in [-0.39, 0.29) is 35.7 Å². The molecule has 4 heterocycles. The molecule has 1 amide bonds. The van der Waals surface area contributed by atoms with Gasteiger partial charge < -0.3 is 25.6 Å². The maximum atomic E-state index is 13.5. The van der Waals surface area contributed by atoms with Crippen LogP contribution in [-0.2, 0) is 9.53 Å². The molecule has 13 nitrogen and oxygen atoms in total. The molecule has 0 bridgehead atoms. The zero-order chi connectivity index (χ0) is 26.8. The highest BCUT2D eigenvalue weighted by atomic mass is 19.1. The molecule has 2 fully saturated rings. The molecule has 1 aromatic carbocycles. The van der Waals surface area contributed by atoms with Crippen LogP contribution in [-0.4, -0.2) is 66.8 Å². The highest BCUT2D eigenvalue weighted by Gasteiger charge is 2.39. The van der Waals surface area contributed by atoms with Gasteiger partial charge in [0.2, 0.25) is 23.8 Å². The average Bonchev–Trinajstić information content (AvgIpc) is 3.53. The van der Waals surface area contributed by atoms with Gasteiger partial charge in [-0.3, -0.25) is 14.9 Å². The number of ether oxygens (including phenoxy) is 1. The number of anilines is 6. The first-order chi connectivity index (χ1) is 19.0. The summed E-state index contributed by atoms with van der Waals surface area (Å²) in [5, 5.41) is 16.4. The minimum absolute atomic E-state index is 0.209. The number of nitrogens with zero attached hydrogens (tertiary/aromatic N) is 7. The van der Waals surface area contributed by atoms with Crippen molar-refractivity contribution in [2.45, 2.75) is 37.3 Å². The Morgan fingerprint density at radius 2 is 1.87 bits per heavy atom. The maximum absolute atomic E-state index is 13.5. The molecular formula is C25H26FN11O2. The molecule has 2 atom stereocenters. The normalized spacial score (nSPS) is 18.7. The van der Waals surface area contributed by atoms with Gasteiger partial charge in [-0.1, -0.05) is 0 Å². The fourth-order valence-corrected chi connectivity index (χ4v) is 4.40. The quantitative estimate of drug-likeness (QED) is 0.251. The molecule has 14 heteroatoms. The van der Waals surface area contributed by atoms with Crippen molar-refractivity contribution in [2.75, 3.05) is 34.5 Å². The number of nitrogens with one attached hydrogen (secondary N) is 4. The maximum Gasteiger partial charge on any atom is 0.248 e. The molecular weight excluding hydrogens is 505 g/mol. The Kier molecular flexibility index (Phi) is 6.67.